The molecule has 33 heavy (non-hydrogen) atoms. The number of aryl methyl sites for hydroxylation is 1. The van der Waals surface area contributed by atoms with E-state index in [-0.39, 0.29) is 6.04 Å². The molecule has 170 valence electrons. The fourth-order valence-corrected chi connectivity index (χ4v) is 4.90. The first-order valence-electron chi connectivity index (χ1n) is 11.7. The van der Waals surface area contributed by atoms with Crippen molar-refractivity contribution in [1.29, 1.82) is 0 Å². The van der Waals surface area contributed by atoms with Crippen molar-refractivity contribution in [2.75, 3.05) is 0 Å². The number of halogens is 3. The van der Waals surface area contributed by atoms with Crippen LogP contribution in [0.3, 0.4) is 0 Å². The van der Waals surface area contributed by atoms with Gasteiger partial charge in [0.2, 0.25) is 0 Å². The molecule has 0 amide bonds. The summed E-state index contributed by atoms with van der Waals surface area (Å²) < 4.78 is 41.1. The summed E-state index contributed by atoms with van der Waals surface area (Å²) in [4.78, 5) is 0. The molecular formula is C29H28F3N. The molecule has 5 rings (SSSR count). The second kappa shape index (κ2) is 8.74. The normalized spacial score (nSPS) is 15.5. The number of alkyl halides is 3. The largest absolute Gasteiger partial charge is 0.416 e. The second-order valence-electron chi connectivity index (χ2n) is 9.37. The minimum atomic E-state index is -4.32. The number of fused-ring (bicyclic) bond motifs is 1. The molecule has 1 aliphatic rings. The summed E-state index contributed by atoms with van der Waals surface area (Å²) in [5.41, 5.74) is 4.84. The lowest BCUT2D eigenvalue weighted by atomic mass is 9.80. The van der Waals surface area contributed by atoms with Crippen LogP contribution in [0.2, 0.25) is 0 Å². The van der Waals surface area contributed by atoms with Crippen LogP contribution in [-0.2, 0) is 6.18 Å². The molecule has 1 atom stereocenters. The summed E-state index contributed by atoms with van der Waals surface area (Å²) in [7, 11) is 0. The minimum Gasteiger partial charge on any atom is -0.340 e. The Hall–Kier alpha value is -3.01. The van der Waals surface area contributed by atoms with Gasteiger partial charge in [-0.3, -0.25) is 0 Å². The number of hydrogen-bond donors (Lipinski definition) is 0. The van der Waals surface area contributed by atoms with Gasteiger partial charge in [0.05, 0.1) is 11.6 Å². The van der Waals surface area contributed by atoms with Crippen LogP contribution in [0.4, 0.5) is 13.2 Å². The van der Waals surface area contributed by atoms with Gasteiger partial charge in [-0.25, -0.2) is 0 Å². The van der Waals surface area contributed by atoms with Gasteiger partial charge in [0.15, 0.2) is 0 Å². The highest BCUT2D eigenvalue weighted by Gasteiger charge is 2.30. The first-order valence-corrected chi connectivity index (χ1v) is 11.7. The van der Waals surface area contributed by atoms with Crippen molar-refractivity contribution in [1.82, 2.24) is 4.57 Å². The summed E-state index contributed by atoms with van der Waals surface area (Å²) in [6.45, 7) is 2.11. The quantitative estimate of drug-likeness (QED) is 0.278. The molecule has 0 spiro atoms. The predicted molar refractivity (Wildman–Crippen MR) is 128 cm³/mol. The number of nitrogens with zero attached hydrogens (tertiary/aromatic N) is 1. The second-order valence-corrected chi connectivity index (χ2v) is 9.37. The van der Waals surface area contributed by atoms with Crippen molar-refractivity contribution < 1.29 is 13.2 Å². The number of rotatable bonds is 6. The Labute approximate surface area is 192 Å². The Kier molecular flexibility index (Phi) is 5.77. The van der Waals surface area contributed by atoms with E-state index in [1.54, 1.807) is 12.1 Å². The van der Waals surface area contributed by atoms with Crippen molar-refractivity contribution in [3.8, 4) is 11.1 Å². The monoisotopic (exact) mass is 447 g/mol. The lowest BCUT2D eigenvalue weighted by Crippen LogP contribution is -2.15. The van der Waals surface area contributed by atoms with Crippen LogP contribution in [0.15, 0.2) is 79.0 Å². The van der Waals surface area contributed by atoms with Crippen molar-refractivity contribution in [2.24, 2.45) is 5.92 Å². The Bertz CT molecular complexity index is 1230. The molecule has 0 radical (unpaired) electrons. The Balaban J connectivity index is 1.47. The fourth-order valence-electron chi connectivity index (χ4n) is 4.90. The lowest BCUT2D eigenvalue weighted by Gasteiger charge is -2.28. The molecular weight excluding hydrogens is 419 g/mol. The molecule has 0 saturated heterocycles. The predicted octanol–water partition coefficient (Wildman–Crippen LogP) is 8.81. The molecule has 0 aliphatic heterocycles. The first kappa shape index (κ1) is 21.8. The van der Waals surface area contributed by atoms with E-state index in [4.69, 9.17) is 0 Å². The standard InChI is InChI=1S/C29H28F3N/c1-20-5-8-23(9-6-20)27(15-7-21-3-2-4-21)33-18-17-25-19-24(12-16-28(25)33)22-10-13-26(14-11-22)29(30,31)32/h5-6,8-14,16-19,21,27H,2-4,7,15H2,1H3. The average molecular weight is 448 g/mol. The summed E-state index contributed by atoms with van der Waals surface area (Å²) in [5, 5.41) is 1.10. The zero-order chi connectivity index (χ0) is 23.0. The van der Waals surface area contributed by atoms with Crippen molar-refractivity contribution in [3.63, 3.8) is 0 Å². The third kappa shape index (κ3) is 4.57. The zero-order valence-electron chi connectivity index (χ0n) is 18.8. The summed E-state index contributed by atoms with van der Waals surface area (Å²) >= 11 is 0. The Morgan fingerprint density at radius 2 is 1.58 bits per heavy atom. The van der Waals surface area contributed by atoms with Crippen LogP contribution in [-0.4, -0.2) is 4.57 Å². The van der Waals surface area contributed by atoms with E-state index >= 15 is 0 Å². The van der Waals surface area contributed by atoms with Gasteiger partial charge in [-0.05, 0) is 72.7 Å². The summed E-state index contributed by atoms with van der Waals surface area (Å²) in [5.74, 6) is 0.853. The van der Waals surface area contributed by atoms with Crippen LogP contribution in [0.5, 0.6) is 0 Å². The van der Waals surface area contributed by atoms with E-state index in [0.29, 0.717) is 0 Å². The Morgan fingerprint density at radius 1 is 0.879 bits per heavy atom. The van der Waals surface area contributed by atoms with Gasteiger partial charge < -0.3 is 4.57 Å². The van der Waals surface area contributed by atoms with Gasteiger partial charge in [-0.15, -0.1) is 0 Å². The molecule has 1 aliphatic carbocycles. The molecule has 1 nitrogen and oxygen atoms in total. The first-order chi connectivity index (χ1) is 15.9. The minimum absolute atomic E-state index is 0.278. The molecule has 1 aromatic heterocycles. The summed E-state index contributed by atoms with van der Waals surface area (Å²) in [6, 6.07) is 22.8. The molecule has 4 aromatic rings. The number of aromatic nitrogens is 1. The van der Waals surface area contributed by atoms with Crippen LogP contribution in [0.1, 0.15) is 54.8 Å². The van der Waals surface area contributed by atoms with E-state index in [9.17, 15) is 13.2 Å². The smallest absolute Gasteiger partial charge is 0.340 e. The topological polar surface area (TPSA) is 4.93 Å². The van der Waals surface area contributed by atoms with Crippen LogP contribution < -0.4 is 0 Å². The van der Waals surface area contributed by atoms with E-state index in [1.165, 1.54) is 36.8 Å². The molecule has 3 aromatic carbocycles. The molecule has 4 heteroatoms. The fraction of sp³-hybridized carbons (Fsp3) is 0.310. The maximum Gasteiger partial charge on any atom is 0.416 e. The molecule has 1 saturated carbocycles. The number of hydrogen-bond acceptors (Lipinski definition) is 0. The maximum atomic E-state index is 12.9. The van der Waals surface area contributed by atoms with Crippen molar-refractivity contribution in [3.05, 3.63) is 95.7 Å². The average Bonchev–Trinajstić information content (AvgIpc) is 3.19. The molecule has 1 heterocycles. The van der Waals surface area contributed by atoms with Gasteiger partial charge >= 0.3 is 6.18 Å². The SMILES string of the molecule is Cc1ccc(C(CCC2CCC2)n2ccc3cc(-c4ccc(C(F)(F)F)cc4)ccc32)cc1. The van der Waals surface area contributed by atoms with Gasteiger partial charge in [0, 0.05) is 17.1 Å². The third-order valence-corrected chi connectivity index (χ3v) is 7.14. The number of benzene rings is 3. The van der Waals surface area contributed by atoms with Crippen LogP contribution in [0.25, 0.3) is 22.0 Å². The van der Waals surface area contributed by atoms with Gasteiger partial charge in [-0.1, -0.05) is 67.3 Å². The van der Waals surface area contributed by atoms with Gasteiger partial charge in [-0.2, -0.15) is 13.2 Å². The molecule has 0 bridgehead atoms. The third-order valence-electron chi connectivity index (χ3n) is 7.14. The highest BCUT2D eigenvalue weighted by atomic mass is 19.4. The molecule has 0 N–H and O–H groups in total. The van der Waals surface area contributed by atoms with Crippen molar-refractivity contribution in [2.45, 2.75) is 51.2 Å². The van der Waals surface area contributed by atoms with Crippen LogP contribution in [0, 0.1) is 12.8 Å². The molecule has 1 unspecified atom stereocenters. The summed E-state index contributed by atoms with van der Waals surface area (Å²) in [6.07, 6.45) is 4.25. The highest BCUT2D eigenvalue weighted by Crippen LogP contribution is 2.37. The van der Waals surface area contributed by atoms with Crippen molar-refractivity contribution >= 4 is 10.9 Å². The maximum absolute atomic E-state index is 12.9. The van der Waals surface area contributed by atoms with E-state index < -0.39 is 11.7 Å². The lowest BCUT2D eigenvalue weighted by molar-refractivity contribution is -0.137. The van der Waals surface area contributed by atoms with E-state index in [1.807, 2.05) is 6.07 Å². The van der Waals surface area contributed by atoms with Gasteiger partial charge in [0.25, 0.3) is 0 Å². The highest BCUT2D eigenvalue weighted by molar-refractivity contribution is 5.86. The zero-order valence-corrected chi connectivity index (χ0v) is 18.8. The van der Waals surface area contributed by atoms with E-state index in [2.05, 4.69) is 60.2 Å². The molecule has 1 fully saturated rings. The van der Waals surface area contributed by atoms with Crippen LogP contribution >= 0.6 is 0 Å². The van der Waals surface area contributed by atoms with E-state index in [0.717, 1.165) is 46.5 Å². The van der Waals surface area contributed by atoms with Gasteiger partial charge in [0.1, 0.15) is 0 Å². The Morgan fingerprint density at radius 3 is 2.21 bits per heavy atom.